The quantitative estimate of drug-likeness (QED) is 0.733. The van der Waals surface area contributed by atoms with Crippen LogP contribution in [0, 0.1) is 6.92 Å². The Morgan fingerprint density at radius 2 is 2.07 bits per heavy atom. The zero-order chi connectivity index (χ0) is 10.6. The van der Waals surface area contributed by atoms with Crippen LogP contribution in [0.5, 0.6) is 5.75 Å². The molecule has 0 N–H and O–H groups in total. The monoisotopic (exact) mass is 192 g/mol. The van der Waals surface area contributed by atoms with Crippen molar-refractivity contribution in [3.63, 3.8) is 0 Å². The van der Waals surface area contributed by atoms with Gasteiger partial charge in [-0.3, -0.25) is 4.79 Å². The maximum absolute atomic E-state index is 11.3. The molecule has 0 bridgehead atoms. The van der Waals surface area contributed by atoms with Crippen molar-refractivity contribution in [2.45, 2.75) is 33.3 Å². The average molecular weight is 192 g/mol. The molecule has 1 aromatic rings. The third-order valence-corrected chi connectivity index (χ3v) is 2.20. The van der Waals surface area contributed by atoms with E-state index in [0.29, 0.717) is 6.42 Å². The molecule has 2 nitrogen and oxygen atoms in total. The van der Waals surface area contributed by atoms with Gasteiger partial charge in [-0.05, 0) is 25.5 Å². The third-order valence-electron chi connectivity index (χ3n) is 2.20. The third kappa shape index (κ3) is 2.59. The Balaban J connectivity index is 2.69. The highest BCUT2D eigenvalue weighted by Crippen LogP contribution is 2.18. The summed E-state index contributed by atoms with van der Waals surface area (Å²) in [6.07, 6.45) is 0.175. The van der Waals surface area contributed by atoms with Gasteiger partial charge >= 0.3 is 0 Å². The van der Waals surface area contributed by atoms with E-state index in [1.165, 1.54) is 0 Å². The summed E-state index contributed by atoms with van der Waals surface area (Å²) >= 11 is 0. The summed E-state index contributed by atoms with van der Waals surface area (Å²) < 4.78 is 5.55. The lowest BCUT2D eigenvalue weighted by Gasteiger charge is -2.14. The molecule has 0 saturated heterocycles. The predicted molar refractivity (Wildman–Crippen MR) is 56.6 cm³/mol. The number of rotatable bonds is 4. The number of Topliss-reactive ketones (excluding diaryl/α,β-unsaturated/α-hetero) is 1. The van der Waals surface area contributed by atoms with E-state index in [4.69, 9.17) is 4.74 Å². The molecular weight excluding hydrogens is 176 g/mol. The molecule has 0 radical (unpaired) electrons. The first-order chi connectivity index (χ1) is 6.65. The smallest absolute Gasteiger partial charge is 0.172 e. The molecule has 1 rings (SSSR count). The molecule has 1 unspecified atom stereocenters. The van der Waals surface area contributed by atoms with Crippen LogP contribution in [-0.2, 0) is 4.79 Å². The lowest BCUT2D eigenvalue weighted by molar-refractivity contribution is -0.124. The molecule has 1 aromatic carbocycles. The molecule has 2 heteroatoms. The molecule has 0 aliphatic carbocycles. The highest BCUT2D eigenvalue weighted by molar-refractivity contribution is 5.82. The van der Waals surface area contributed by atoms with Crippen molar-refractivity contribution < 1.29 is 9.53 Å². The van der Waals surface area contributed by atoms with Gasteiger partial charge in [0.1, 0.15) is 5.75 Å². The Bertz CT molecular complexity index is 318. The Labute approximate surface area is 84.9 Å². The number of para-hydroxylation sites is 1. The van der Waals surface area contributed by atoms with Crippen LogP contribution in [-0.4, -0.2) is 11.9 Å². The first-order valence-electron chi connectivity index (χ1n) is 4.90. The average Bonchev–Trinajstić information content (AvgIpc) is 2.20. The number of carbonyl (C=O) groups excluding carboxylic acids is 1. The van der Waals surface area contributed by atoms with Gasteiger partial charge in [0.05, 0.1) is 0 Å². The lowest BCUT2D eigenvalue weighted by atomic mass is 10.2. The van der Waals surface area contributed by atoms with Gasteiger partial charge < -0.3 is 4.74 Å². The van der Waals surface area contributed by atoms with Gasteiger partial charge in [-0.1, -0.05) is 25.1 Å². The summed E-state index contributed by atoms with van der Waals surface area (Å²) in [5.74, 6) is 0.926. The number of carbonyl (C=O) groups is 1. The van der Waals surface area contributed by atoms with Gasteiger partial charge in [0, 0.05) is 6.42 Å². The minimum absolute atomic E-state index is 0.133. The van der Waals surface area contributed by atoms with Crippen LogP contribution >= 0.6 is 0 Å². The van der Waals surface area contributed by atoms with E-state index < -0.39 is 0 Å². The highest BCUT2D eigenvalue weighted by atomic mass is 16.5. The molecule has 0 aliphatic heterocycles. The van der Waals surface area contributed by atoms with E-state index in [9.17, 15) is 4.79 Å². The second-order valence-electron chi connectivity index (χ2n) is 3.35. The number of hydrogen-bond acceptors (Lipinski definition) is 2. The summed E-state index contributed by atoms with van der Waals surface area (Å²) in [7, 11) is 0. The summed E-state index contributed by atoms with van der Waals surface area (Å²) in [6.45, 7) is 5.61. The maximum atomic E-state index is 11.3. The van der Waals surface area contributed by atoms with Crippen LogP contribution in [0.3, 0.4) is 0 Å². The topological polar surface area (TPSA) is 26.3 Å². The second-order valence-corrected chi connectivity index (χ2v) is 3.35. The van der Waals surface area contributed by atoms with Crippen LogP contribution in [0.25, 0.3) is 0 Å². The van der Waals surface area contributed by atoms with Gasteiger partial charge in [0.25, 0.3) is 0 Å². The Morgan fingerprint density at radius 3 is 2.64 bits per heavy atom. The van der Waals surface area contributed by atoms with Crippen molar-refractivity contribution in [1.29, 1.82) is 0 Å². The lowest BCUT2D eigenvalue weighted by Crippen LogP contribution is -2.23. The molecule has 0 amide bonds. The summed E-state index contributed by atoms with van der Waals surface area (Å²) in [5.41, 5.74) is 1.06. The summed E-state index contributed by atoms with van der Waals surface area (Å²) in [4.78, 5) is 11.3. The number of aryl methyl sites for hydroxylation is 1. The molecule has 76 valence electrons. The first kappa shape index (κ1) is 10.8. The van der Waals surface area contributed by atoms with E-state index in [1.54, 1.807) is 6.92 Å². The van der Waals surface area contributed by atoms with E-state index in [2.05, 4.69) is 0 Å². The van der Waals surface area contributed by atoms with Crippen molar-refractivity contribution in [1.82, 2.24) is 0 Å². The first-order valence-corrected chi connectivity index (χ1v) is 4.90. The Morgan fingerprint density at radius 1 is 1.43 bits per heavy atom. The maximum Gasteiger partial charge on any atom is 0.172 e. The molecule has 0 spiro atoms. The molecule has 0 heterocycles. The van der Waals surface area contributed by atoms with E-state index >= 15 is 0 Å². The fourth-order valence-electron chi connectivity index (χ4n) is 1.23. The van der Waals surface area contributed by atoms with Crippen molar-refractivity contribution >= 4 is 5.78 Å². The van der Waals surface area contributed by atoms with E-state index in [1.807, 2.05) is 38.1 Å². The second kappa shape index (κ2) is 4.80. The fraction of sp³-hybridized carbons (Fsp3) is 0.417. The fourth-order valence-corrected chi connectivity index (χ4v) is 1.23. The Kier molecular flexibility index (Phi) is 3.69. The van der Waals surface area contributed by atoms with Crippen LogP contribution < -0.4 is 4.74 Å². The molecular formula is C12H16O2. The summed E-state index contributed by atoms with van der Waals surface area (Å²) in [5, 5.41) is 0. The van der Waals surface area contributed by atoms with Crippen LogP contribution in [0.15, 0.2) is 24.3 Å². The number of benzene rings is 1. The highest BCUT2D eigenvalue weighted by Gasteiger charge is 2.12. The van der Waals surface area contributed by atoms with Crippen LogP contribution in [0.4, 0.5) is 0 Å². The van der Waals surface area contributed by atoms with E-state index in [-0.39, 0.29) is 11.9 Å². The number of ether oxygens (including phenoxy) is 1. The van der Waals surface area contributed by atoms with Crippen molar-refractivity contribution in [3.05, 3.63) is 29.8 Å². The van der Waals surface area contributed by atoms with Crippen molar-refractivity contribution in [2.24, 2.45) is 0 Å². The molecule has 1 atom stereocenters. The van der Waals surface area contributed by atoms with Gasteiger partial charge in [-0.15, -0.1) is 0 Å². The number of hydrogen-bond donors (Lipinski definition) is 0. The molecule has 0 fully saturated rings. The van der Waals surface area contributed by atoms with Gasteiger partial charge in [-0.25, -0.2) is 0 Å². The standard InChI is InChI=1S/C12H16O2/c1-4-11(13)10(3)14-12-8-6-5-7-9(12)2/h5-8,10H,4H2,1-3H3. The normalized spacial score (nSPS) is 12.2. The number of ketones is 1. The Hall–Kier alpha value is -1.31. The summed E-state index contributed by atoms with van der Waals surface area (Å²) in [6, 6.07) is 7.72. The van der Waals surface area contributed by atoms with E-state index in [0.717, 1.165) is 11.3 Å². The van der Waals surface area contributed by atoms with Crippen LogP contribution in [0.1, 0.15) is 25.8 Å². The van der Waals surface area contributed by atoms with Gasteiger partial charge in [-0.2, -0.15) is 0 Å². The van der Waals surface area contributed by atoms with Gasteiger partial charge in [0.2, 0.25) is 0 Å². The van der Waals surface area contributed by atoms with Crippen molar-refractivity contribution in [2.75, 3.05) is 0 Å². The minimum Gasteiger partial charge on any atom is -0.483 e. The minimum atomic E-state index is -0.346. The van der Waals surface area contributed by atoms with Gasteiger partial charge in [0.15, 0.2) is 11.9 Å². The van der Waals surface area contributed by atoms with Crippen LogP contribution in [0.2, 0.25) is 0 Å². The molecule has 0 aromatic heterocycles. The molecule has 0 aliphatic rings. The largest absolute Gasteiger partial charge is 0.483 e. The zero-order valence-corrected chi connectivity index (χ0v) is 8.91. The molecule has 14 heavy (non-hydrogen) atoms. The zero-order valence-electron chi connectivity index (χ0n) is 8.91. The predicted octanol–water partition coefficient (Wildman–Crippen LogP) is 2.74. The molecule has 0 saturated carbocycles. The SMILES string of the molecule is CCC(=O)C(C)Oc1ccccc1C. The van der Waals surface area contributed by atoms with Crippen molar-refractivity contribution in [3.8, 4) is 5.75 Å².